The monoisotopic (exact) mass is 314 g/mol. The highest BCUT2D eigenvalue weighted by molar-refractivity contribution is 6.08. The van der Waals surface area contributed by atoms with Crippen LogP contribution in [0.25, 0.3) is 0 Å². The zero-order chi connectivity index (χ0) is 16.4. The summed E-state index contributed by atoms with van der Waals surface area (Å²) in [5.41, 5.74) is 3.23. The summed E-state index contributed by atoms with van der Waals surface area (Å²) in [7, 11) is 1.68. The van der Waals surface area contributed by atoms with Gasteiger partial charge in [0.2, 0.25) is 5.91 Å². The lowest BCUT2D eigenvalue weighted by atomic mass is 9.81. The van der Waals surface area contributed by atoms with E-state index >= 15 is 0 Å². The van der Waals surface area contributed by atoms with E-state index in [1.807, 2.05) is 17.0 Å². The molecule has 0 saturated carbocycles. The maximum atomic E-state index is 13.2. The highest BCUT2D eigenvalue weighted by Gasteiger charge is 2.53. The molecule has 4 nitrogen and oxygen atoms in total. The summed E-state index contributed by atoms with van der Waals surface area (Å²) in [6, 6.07) is 8.26. The molecule has 4 heteroatoms. The molecular weight excluding hydrogens is 288 g/mol. The van der Waals surface area contributed by atoms with Crippen LogP contribution in [-0.4, -0.2) is 50.7 Å². The molecule has 1 amide bonds. The van der Waals surface area contributed by atoms with Crippen LogP contribution in [0.3, 0.4) is 0 Å². The van der Waals surface area contributed by atoms with Gasteiger partial charge in [-0.2, -0.15) is 0 Å². The molecule has 1 atom stereocenters. The number of likely N-dealkylation sites (tertiary alicyclic amines) is 1. The van der Waals surface area contributed by atoms with Gasteiger partial charge in [-0.3, -0.25) is 9.69 Å². The molecule has 3 rings (SSSR count). The zero-order valence-electron chi connectivity index (χ0n) is 14.3. The van der Waals surface area contributed by atoms with Crippen molar-refractivity contribution in [3.8, 4) is 0 Å². The van der Waals surface area contributed by atoms with Gasteiger partial charge in [-0.15, -0.1) is 0 Å². The molecule has 0 bridgehead atoms. The third-order valence-electron chi connectivity index (χ3n) is 4.99. The van der Waals surface area contributed by atoms with Crippen LogP contribution in [0.1, 0.15) is 25.8 Å². The molecular formula is C19H26N2O2. The molecule has 1 unspecified atom stereocenters. The maximum absolute atomic E-state index is 13.2. The Hall–Kier alpha value is -1.65. The quantitative estimate of drug-likeness (QED) is 0.783. The fourth-order valence-corrected chi connectivity index (χ4v) is 3.75. The molecule has 1 spiro atoms. The van der Waals surface area contributed by atoms with E-state index in [-0.39, 0.29) is 11.3 Å². The van der Waals surface area contributed by atoms with Crippen LogP contribution in [0.5, 0.6) is 0 Å². The third kappa shape index (κ3) is 2.81. The number of anilines is 1. The first-order chi connectivity index (χ1) is 11.1. The summed E-state index contributed by atoms with van der Waals surface area (Å²) >= 11 is 0. The van der Waals surface area contributed by atoms with E-state index in [1.165, 1.54) is 11.1 Å². The van der Waals surface area contributed by atoms with Crippen LogP contribution in [-0.2, 0) is 14.9 Å². The first-order valence-electron chi connectivity index (χ1n) is 8.34. The van der Waals surface area contributed by atoms with Crippen molar-refractivity contribution in [2.45, 2.75) is 25.7 Å². The smallest absolute Gasteiger partial charge is 0.239 e. The zero-order valence-corrected chi connectivity index (χ0v) is 14.3. The van der Waals surface area contributed by atoms with E-state index in [1.54, 1.807) is 7.11 Å². The van der Waals surface area contributed by atoms with Crippen molar-refractivity contribution in [3.05, 3.63) is 41.5 Å². The summed E-state index contributed by atoms with van der Waals surface area (Å²) in [6.07, 6.45) is 3.15. The lowest BCUT2D eigenvalue weighted by molar-refractivity contribution is -0.122. The minimum absolute atomic E-state index is 0.246. The van der Waals surface area contributed by atoms with Gasteiger partial charge in [0.15, 0.2) is 0 Å². The van der Waals surface area contributed by atoms with Crippen molar-refractivity contribution in [2.24, 2.45) is 0 Å². The number of benzene rings is 1. The van der Waals surface area contributed by atoms with Gasteiger partial charge in [0, 0.05) is 32.4 Å². The van der Waals surface area contributed by atoms with E-state index in [4.69, 9.17) is 4.74 Å². The van der Waals surface area contributed by atoms with Crippen LogP contribution in [0, 0.1) is 0 Å². The second-order valence-electron chi connectivity index (χ2n) is 6.82. The van der Waals surface area contributed by atoms with Crippen molar-refractivity contribution in [3.63, 3.8) is 0 Å². The fraction of sp³-hybridized carbons (Fsp3) is 0.526. The molecule has 2 aliphatic heterocycles. The highest BCUT2D eigenvalue weighted by Crippen LogP contribution is 2.47. The van der Waals surface area contributed by atoms with Crippen molar-refractivity contribution in [2.75, 3.05) is 44.8 Å². The number of nitrogens with zero attached hydrogens (tertiary/aromatic N) is 2. The van der Waals surface area contributed by atoms with Gasteiger partial charge in [-0.05, 0) is 38.4 Å². The van der Waals surface area contributed by atoms with Gasteiger partial charge in [-0.1, -0.05) is 29.8 Å². The Bertz CT molecular complexity index is 622. The number of hydrogen-bond acceptors (Lipinski definition) is 3. The predicted octanol–water partition coefficient (Wildman–Crippen LogP) is 2.59. The molecule has 124 valence electrons. The molecule has 1 aromatic carbocycles. The second kappa shape index (κ2) is 6.46. The Kier molecular flexibility index (Phi) is 4.55. The number of hydrogen-bond donors (Lipinski definition) is 0. The minimum Gasteiger partial charge on any atom is -0.383 e. The van der Waals surface area contributed by atoms with E-state index in [2.05, 4.69) is 37.0 Å². The summed E-state index contributed by atoms with van der Waals surface area (Å²) in [4.78, 5) is 17.5. The van der Waals surface area contributed by atoms with Gasteiger partial charge in [0.25, 0.3) is 0 Å². The van der Waals surface area contributed by atoms with Crippen molar-refractivity contribution >= 4 is 11.6 Å². The van der Waals surface area contributed by atoms with Crippen molar-refractivity contribution in [1.29, 1.82) is 0 Å². The maximum Gasteiger partial charge on any atom is 0.239 e. The summed E-state index contributed by atoms with van der Waals surface area (Å²) in [6.45, 7) is 8.15. The second-order valence-corrected chi connectivity index (χ2v) is 6.82. The highest BCUT2D eigenvalue weighted by atomic mass is 16.5. The molecule has 2 aliphatic rings. The van der Waals surface area contributed by atoms with E-state index in [0.717, 1.165) is 31.7 Å². The standard InChI is InChI=1S/C19H26N2O2/c1-15(2)8-10-20-11-9-19(14-20)16-6-4-5-7-17(16)21(18(19)22)12-13-23-3/h4-8H,9-14H2,1-3H3. The fourth-order valence-electron chi connectivity index (χ4n) is 3.75. The Morgan fingerprint density at radius 3 is 2.87 bits per heavy atom. The number of amides is 1. The summed E-state index contributed by atoms with van der Waals surface area (Å²) < 4.78 is 5.19. The number of methoxy groups -OCH3 is 1. The number of ether oxygens (including phenoxy) is 1. The Morgan fingerprint density at radius 1 is 1.35 bits per heavy atom. The Balaban J connectivity index is 1.88. The van der Waals surface area contributed by atoms with Gasteiger partial charge >= 0.3 is 0 Å². The summed E-state index contributed by atoms with van der Waals surface area (Å²) in [5.74, 6) is 0.246. The molecule has 0 radical (unpaired) electrons. The number of carbonyl (C=O) groups excluding carboxylic acids is 1. The first-order valence-corrected chi connectivity index (χ1v) is 8.34. The van der Waals surface area contributed by atoms with Crippen molar-refractivity contribution < 1.29 is 9.53 Å². The largest absolute Gasteiger partial charge is 0.383 e. The lowest BCUT2D eigenvalue weighted by Gasteiger charge is -2.24. The van der Waals surface area contributed by atoms with Crippen LogP contribution < -0.4 is 4.90 Å². The number of carbonyl (C=O) groups is 1. The van der Waals surface area contributed by atoms with Gasteiger partial charge in [0.1, 0.15) is 0 Å². The van der Waals surface area contributed by atoms with E-state index in [9.17, 15) is 4.79 Å². The molecule has 1 fully saturated rings. The van der Waals surface area contributed by atoms with Gasteiger partial charge < -0.3 is 9.64 Å². The average Bonchev–Trinajstić information content (AvgIpc) is 3.07. The lowest BCUT2D eigenvalue weighted by Crippen LogP contribution is -2.43. The molecule has 23 heavy (non-hydrogen) atoms. The van der Waals surface area contributed by atoms with E-state index in [0.29, 0.717) is 13.2 Å². The molecule has 1 saturated heterocycles. The minimum atomic E-state index is -0.361. The SMILES string of the molecule is COCCN1C(=O)C2(CCN(CC=C(C)C)C2)c2ccccc21. The third-order valence-corrected chi connectivity index (χ3v) is 4.99. The number of para-hydroxylation sites is 1. The first kappa shape index (κ1) is 16.2. The summed E-state index contributed by atoms with van der Waals surface area (Å²) in [5, 5.41) is 0. The molecule has 1 aromatic rings. The van der Waals surface area contributed by atoms with Gasteiger partial charge in [0.05, 0.1) is 12.0 Å². The Labute approximate surface area is 138 Å². The van der Waals surface area contributed by atoms with Crippen LogP contribution in [0.2, 0.25) is 0 Å². The van der Waals surface area contributed by atoms with Crippen LogP contribution in [0.15, 0.2) is 35.9 Å². The molecule has 2 heterocycles. The normalized spacial score (nSPS) is 23.6. The predicted molar refractivity (Wildman–Crippen MR) is 92.8 cm³/mol. The van der Waals surface area contributed by atoms with Gasteiger partial charge in [-0.25, -0.2) is 0 Å². The Morgan fingerprint density at radius 2 is 2.13 bits per heavy atom. The topological polar surface area (TPSA) is 32.8 Å². The molecule has 0 aliphatic carbocycles. The number of allylic oxidation sites excluding steroid dienone is 1. The molecule has 0 N–H and O–H groups in total. The number of rotatable bonds is 5. The van der Waals surface area contributed by atoms with Crippen LogP contribution in [0.4, 0.5) is 5.69 Å². The average molecular weight is 314 g/mol. The van der Waals surface area contributed by atoms with E-state index < -0.39 is 0 Å². The number of fused-ring (bicyclic) bond motifs is 2. The van der Waals surface area contributed by atoms with Crippen LogP contribution >= 0.6 is 0 Å². The van der Waals surface area contributed by atoms with Crippen molar-refractivity contribution in [1.82, 2.24) is 4.90 Å². The molecule has 0 aromatic heterocycles.